The molecule has 3 aliphatic rings. The molecule has 1 aliphatic carbocycles. The molecule has 3 N–H and O–H groups in total. The average Bonchev–Trinajstić information content (AvgIpc) is 2.83. The van der Waals surface area contributed by atoms with E-state index in [1.54, 1.807) is 14.2 Å². The first-order valence-electron chi connectivity index (χ1n) is 13.2. The van der Waals surface area contributed by atoms with Crippen LogP contribution >= 0.6 is 0 Å². The smallest absolute Gasteiger partial charge is 0.166 e. The van der Waals surface area contributed by atoms with Crippen LogP contribution in [-0.2, 0) is 16.0 Å². The van der Waals surface area contributed by atoms with Gasteiger partial charge in [-0.05, 0) is 73.1 Å². The topological polar surface area (TPSA) is 78.2 Å². The highest BCUT2D eigenvalue weighted by atomic mass is 16.8. The second kappa shape index (κ2) is 12.0. The first-order chi connectivity index (χ1) is 16.5. The van der Waals surface area contributed by atoms with Crippen LogP contribution in [0.25, 0.3) is 0 Å². The molecule has 192 valence electrons. The molecule has 0 bridgehead atoms. The van der Waals surface area contributed by atoms with Gasteiger partial charge in [-0.15, -0.1) is 0 Å². The lowest BCUT2D eigenvalue weighted by atomic mass is 9.74. The predicted octanol–water partition coefficient (Wildman–Crippen LogP) is 4.05. The van der Waals surface area contributed by atoms with Gasteiger partial charge in [0.25, 0.3) is 0 Å². The van der Waals surface area contributed by atoms with Crippen LogP contribution in [-0.4, -0.2) is 57.7 Å². The zero-order valence-corrected chi connectivity index (χ0v) is 21.6. The molecule has 2 fully saturated rings. The Labute approximate surface area is 205 Å². The molecule has 2 heterocycles. The van der Waals surface area contributed by atoms with Crippen molar-refractivity contribution in [3.8, 4) is 11.5 Å². The average molecular weight is 476 g/mol. The zero-order chi connectivity index (χ0) is 24.1. The van der Waals surface area contributed by atoms with Crippen molar-refractivity contribution in [2.45, 2.75) is 76.9 Å². The summed E-state index contributed by atoms with van der Waals surface area (Å²) in [4.78, 5) is 8.36. The quantitative estimate of drug-likeness (QED) is 0.300. The number of hydroxylamine groups is 1. The fraction of sp³-hybridized carbons (Fsp3) is 0.778. The van der Waals surface area contributed by atoms with Crippen molar-refractivity contribution < 1.29 is 19.0 Å². The van der Waals surface area contributed by atoms with Crippen molar-refractivity contribution in [2.24, 2.45) is 23.5 Å². The highest BCUT2D eigenvalue weighted by Crippen LogP contribution is 2.45. The second-order valence-electron chi connectivity index (χ2n) is 10.9. The predicted molar refractivity (Wildman–Crippen MR) is 134 cm³/mol. The highest BCUT2D eigenvalue weighted by Gasteiger charge is 2.39. The fourth-order valence-electron chi connectivity index (χ4n) is 6.27. The molecule has 0 spiro atoms. The summed E-state index contributed by atoms with van der Waals surface area (Å²) in [7, 11) is 3.43. The lowest BCUT2D eigenvalue weighted by Gasteiger charge is -2.47. The van der Waals surface area contributed by atoms with E-state index in [4.69, 9.17) is 24.8 Å². The number of ether oxygens (including phenoxy) is 3. The van der Waals surface area contributed by atoms with Crippen LogP contribution in [0.4, 0.5) is 0 Å². The minimum Gasteiger partial charge on any atom is -0.493 e. The molecule has 4 unspecified atom stereocenters. The molecule has 1 saturated heterocycles. The van der Waals surface area contributed by atoms with Crippen LogP contribution in [0.3, 0.4) is 0 Å². The first-order valence-corrected chi connectivity index (χ1v) is 13.2. The van der Waals surface area contributed by atoms with Crippen molar-refractivity contribution in [2.75, 3.05) is 40.7 Å². The van der Waals surface area contributed by atoms with Gasteiger partial charge in [-0.2, -0.15) is 5.48 Å². The Balaban J connectivity index is 1.38. The molecule has 0 aromatic heterocycles. The number of nitrogens with two attached hydrogens (primary N) is 1. The number of benzene rings is 1. The van der Waals surface area contributed by atoms with E-state index in [2.05, 4.69) is 36.4 Å². The Morgan fingerprint density at radius 3 is 2.59 bits per heavy atom. The highest BCUT2D eigenvalue weighted by molar-refractivity contribution is 5.49. The van der Waals surface area contributed by atoms with Gasteiger partial charge in [-0.25, -0.2) is 0 Å². The lowest BCUT2D eigenvalue weighted by molar-refractivity contribution is -0.130. The van der Waals surface area contributed by atoms with E-state index in [9.17, 15) is 0 Å². The largest absolute Gasteiger partial charge is 0.493 e. The van der Waals surface area contributed by atoms with E-state index in [1.165, 1.54) is 30.4 Å². The number of hydrogen-bond acceptors (Lipinski definition) is 7. The molecule has 7 nitrogen and oxygen atoms in total. The molecule has 34 heavy (non-hydrogen) atoms. The standard InChI is InChI=1S/C27H45N3O4/c1-18(2)11-20-15-30-10-9-19-13-26(31-3)27(32-4)14-22(19)25(30)12-21(20)16-33-17-34-29-24-8-6-5-7-23(24)28/h13-14,18,20-21,23-25,29H,5-12,15-17,28H2,1-4H3/t20?,21?,23-,24?,25?/m0/s1. The van der Waals surface area contributed by atoms with Gasteiger partial charge in [0.05, 0.1) is 20.8 Å². The van der Waals surface area contributed by atoms with Crippen molar-refractivity contribution in [3.05, 3.63) is 23.3 Å². The van der Waals surface area contributed by atoms with Crippen LogP contribution in [0.1, 0.15) is 69.5 Å². The summed E-state index contributed by atoms with van der Waals surface area (Å²) in [6.45, 7) is 7.87. The van der Waals surface area contributed by atoms with Gasteiger partial charge in [0.15, 0.2) is 18.3 Å². The number of nitrogens with zero attached hydrogens (tertiary/aromatic N) is 1. The summed E-state index contributed by atoms with van der Waals surface area (Å²) in [5.41, 5.74) is 12.1. The Kier molecular flexibility index (Phi) is 9.10. The third kappa shape index (κ3) is 6.05. The number of fused-ring (bicyclic) bond motifs is 3. The van der Waals surface area contributed by atoms with Crippen LogP contribution in [0.15, 0.2) is 12.1 Å². The molecule has 1 saturated carbocycles. The Morgan fingerprint density at radius 2 is 1.85 bits per heavy atom. The molecule has 0 radical (unpaired) electrons. The Hall–Kier alpha value is -1.38. The molecule has 7 heteroatoms. The SMILES string of the molecule is COc1cc2c(cc1OC)C1CC(COCONC3CCCC[C@@H]3N)C(CC(C)C)CN1CC2. The summed E-state index contributed by atoms with van der Waals surface area (Å²) in [5.74, 6) is 3.46. The number of methoxy groups -OCH3 is 2. The summed E-state index contributed by atoms with van der Waals surface area (Å²) in [6.07, 6.45) is 7.96. The van der Waals surface area contributed by atoms with Gasteiger partial charge in [0, 0.05) is 31.2 Å². The molecule has 1 aromatic rings. The number of piperidine rings is 1. The van der Waals surface area contributed by atoms with Crippen molar-refractivity contribution >= 4 is 0 Å². The van der Waals surface area contributed by atoms with Gasteiger partial charge >= 0.3 is 0 Å². The normalized spacial score (nSPS) is 29.5. The van der Waals surface area contributed by atoms with Crippen LogP contribution in [0.2, 0.25) is 0 Å². The van der Waals surface area contributed by atoms with Crippen molar-refractivity contribution in [1.82, 2.24) is 10.4 Å². The van der Waals surface area contributed by atoms with Gasteiger partial charge < -0.3 is 19.9 Å². The minimum atomic E-state index is 0.176. The van der Waals surface area contributed by atoms with Crippen molar-refractivity contribution in [3.63, 3.8) is 0 Å². The van der Waals surface area contributed by atoms with E-state index in [1.807, 2.05) is 0 Å². The van der Waals surface area contributed by atoms with E-state index in [0.29, 0.717) is 23.8 Å². The molecule has 0 amide bonds. The van der Waals surface area contributed by atoms with Crippen LogP contribution in [0.5, 0.6) is 11.5 Å². The summed E-state index contributed by atoms with van der Waals surface area (Å²) >= 11 is 0. The molecule has 4 rings (SSSR count). The Morgan fingerprint density at radius 1 is 1.09 bits per heavy atom. The molecular formula is C27H45N3O4. The van der Waals surface area contributed by atoms with E-state index >= 15 is 0 Å². The van der Waals surface area contributed by atoms with Gasteiger partial charge in [-0.1, -0.05) is 26.7 Å². The maximum atomic E-state index is 6.21. The van der Waals surface area contributed by atoms with Gasteiger partial charge in [0.1, 0.15) is 0 Å². The summed E-state index contributed by atoms with van der Waals surface area (Å²) < 4.78 is 17.3. The third-order valence-corrected chi connectivity index (χ3v) is 8.08. The maximum Gasteiger partial charge on any atom is 0.166 e. The van der Waals surface area contributed by atoms with E-state index in [-0.39, 0.29) is 18.9 Å². The van der Waals surface area contributed by atoms with Gasteiger partial charge in [0.2, 0.25) is 0 Å². The number of nitrogens with one attached hydrogen (secondary N) is 1. The molecule has 1 aromatic carbocycles. The van der Waals surface area contributed by atoms with Crippen LogP contribution in [0, 0.1) is 17.8 Å². The number of rotatable bonds is 10. The van der Waals surface area contributed by atoms with E-state index in [0.717, 1.165) is 56.9 Å². The van der Waals surface area contributed by atoms with E-state index < -0.39 is 0 Å². The Bertz CT molecular complexity index is 789. The third-order valence-electron chi connectivity index (χ3n) is 8.08. The molecule has 5 atom stereocenters. The minimum absolute atomic E-state index is 0.176. The summed E-state index contributed by atoms with van der Waals surface area (Å²) in [6, 6.07) is 5.19. The lowest BCUT2D eigenvalue weighted by Crippen LogP contribution is -2.48. The van der Waals surface area contributed by atoms with Gasteiger partial charge in [-0.3, -0.25) is 9.74 Å². The molecular weight excluding hydrogens is 430 g/mol. The summed E-state index contributed by atoms with van der Waals surface area (Å²) in [5, 5.41) is 0. The monoisotopic (exact) mass is 475 g/mol. The number of hydrogen-bond donors (Lipinski definition) is 2. The zero-order valence-electron chi connectivity index (χ0n) is 21.6. The van der Waals surface area contributed by atoms with Crippen molar-refractivity contribution in [1.29, 1.82) is 0 Å². The van der Waals surface area contributed by atoms with Crippen LogP contribution < -0.4 is 20.7 Å². The fourth-order valence-corrected chi connectivity index (χ4v) is 6.27. The molecule has 2 aliphatic heterocycles. The maximum absolute atomic E-state index is 6.21. The first kappa shape index (κ1) is 25.7. The second-order valence-corrected chi connectivity index (χ2v) is 10.9.